The number of hydrogen-bond acceptors (Lipinski definition) is 4. The molecule has 86 valence electrons. The molecule has 1 heterocycles. The third kappa shape index (κ3) is 1.85. The van der Waals surface area contributed by atoms with Crippen molar-refractivity contribution in [2.24, 2.45) is 0 Å². The smallest absolute Gasteiger partial charge is 0.144 e. The first-order chi connectivity index (χ1) is 7.63. The molecule has 0 spiro atoms. The van der Waals surface area contributed by atoms with Gasteiger partial charge < -0.3 is 15.0 Å². The summed E-state index contributed by atoms with van der Waals surface area (Å²) in [4.78, 5) is 2.07. The Morgan fingerprint density at radius 1 is 1.44 bits per heavy atom. The lowest BCUT2D eigenvalue weighted by Gasteiger charge is -2.22. The highest BCUT2D eigenvalue weighted by molar-refractivity contribution is 7.80. The maximum atomic E-state index is 5.40. The maximum absolute atomic E-state index is 5.40. The van der Waals surface area contributed by atoms with Gasteiger partial charge in [-0.05, 0) is 24.6 Å². The molecule has 0 fully saturated rings. The number of methoxy groups -OCH3 is 1. The molecular formula is C12H16N2OS. The molecule has 0 saturated heterocycles. The molecule has 3 nitrogen and oxygen atoms in total. The second-order valence-electron chi connectivity index (χ2n) is 3.88. The molecule has 1 aromatic rings. The van der Waals surface area contributed by atoms with Crippen LogP contribution in [0.15, 0.2) is 24.4 Å². The van der Waals surface area contributed by atoms with E-state index in [1.165, 1.54) is 5.56 Å². The van der Waals surface area contributed by atoms with Crippen LogP contribution in [-0.4, -0.2) is 24.6 Å². The van der Waals surface area contributed by atoms with Gasteiger partial charge in [0.05, 0.1) is 12.8 Å². The summed E-state index contributed by atoms with van der Waals surface area (Å²) in [5, 5.41) is 3.16. The third-order valence-corrected chi connectivity index (χ3v) is 3.24. The molecule has 0 bridgehead atoms. The molecule has 0 aliphatic carbocycles. The van der Waals surface area contributed by atoms with E-state index >= 15 is 0 Å². The summed E-state index contributed by atoms with van der Waals surface area (Å²) in [5.74, 6) is 0.891. The van der Waals surface area contributed by atoms with Crippen LogP contribution in [0.4, 0.5) is 0 Å². The van der Waals surface area contributed by atoms with Crippen LogP contribution < -0.4 is 10.1 Å². The molecule has 1 aromatic carbocycles. The van der Waals surface area contributed by atoms with Gasteiger partial charge in [0.2, 0.25) is 0 Å². The Morgan fingerprint density at radius 3 is 2.75 bits per heavy atom. The molecule has 16 heavy (non-hydrogen) atoms. The summed E-state index contributed by atoms with van der Waals surface area (Å²) in [6, 6.07) is 6.19. The van der Waals surface area contributed by atoms with Crippen LogP contribution in [0.1, 0.15) is 11.1 Å². The van der Waals surface area contributed by atoms with E-state index in [9.17, 15) is 0 Å². The average molecular weight is 236 g/mol. The largest absolute Gasteiger partial charge is 0.496 e. The minimum atomic E-state index is 0.0287. The van der Waals surface area contributed by atoms with Crippen molar-refractivity contribution >= 4 is 18.3 Å². The summed E-state index contributed by atoms with van der Waals surface area (Å²) >= 11 is 4.40. The van der Waals surface area contributed by atoms with Crippen molar-refractivity contribution in [2.75, 3.05) is 14.2 Å². The normalized spacial score (nSPS) is 19.4. The van der Waals surface area contributed by atoms with Gasteiger partial charge in [0.1, 0.15) is 11.2 Å². The van der Waals surface area contributed by atoms with E-state index in [0.29, 0.717) is 0 Å². The van der Waals surface area contributed by atoms with Gasteiger partial charge in [-0.25, -0.2) is 0 Å². The maximum Gasteiger partial charge on any atom is 0.144 e. The zero-order valence-electron chi connectivity index (χ0n) is 9.69. The highest BCUT2D eigenvalue weighted by Gasteiger charge is 2.22. The van der Waals surface area contributed by atoms with E-state index in [0.717, 1.165) is 17.0 Å². The fraction of sp³-hybridized carbons (Fsp3) is 0.333. The van der Waals surface area contributed by atoms with Crippen molar-refractivity contribution in [1.82, 2.24) is 10.2 Å². The third-order valence-electron chi connectivity index (χ3n) is 2.75. The number of aryl methyl sites for hydroxylation is 1. The van der Waals surface area contributed by atoms with Gasteiger partial charge in [-0.3, -0.25) is 0 Å². The van der Waals surface area contributed by atoms with Crippen LogP contribution in [0.2, 0.25) is 0 Å². The summed E-state index contributed by atoms with van der Waals surface area (Å²) in [7, 11) is 3.70. The Balaban J connectivity index is 2.41. The number of hydrogen-bond donors (Lipinski definition) is 2. The molecule has 4 heteroatoms. The zero-order chi connectivity index (χ0) is 11.7. The Labute approximate surface area is 102 Å². The SMILES string of the molecule is COc1cc(C)ccc1C1=CNC(S)N1C. The molecule has 1 atom stereocenters. The fourth-order valence-corrected chi connectivity index (χ4v) is 1.98. The predicted octanol–water partition coefficient (Wildman–Crippen LogP) is 2.05. The molecule has 1 N–H and O–H groups in total. The molecule has 0 amide bonds. The lowest BCUT2D eigenvalue weighted by Crippen LogP contribution is -2.27. The Bertz CT molecular complexity index is 431. The van der Waals surface area contributed by atoms with Crippen molar-refractivity contribution in [1.29, 1.82) is 0 Å². The van der Waals surface area contributed by atoms with Crippen LogP contribution in [0, 0.1) is 6.92 Å². The molecule has 0 saturated carbocycles. The standard InChI is InChI=1S/C12H16N2OS/c1-8-4-5-9(11(6-8)15-3)10-7-13-12(16)14(10)2/h4-7,12-13,16H,1-3H3. The summed E-state index contributed by atoms with van der Waals surface area (Å²) in [6.07, 6.45) is 1.96. The van der Waals surface area contributed by atoms with Crippen molar-refractivity contribution in [3.63, 3.8) is 0 Å². The first-order valence-corrected chi connectivity index (χ1v) is 5.67. The first kappa shape index (κ1) is 11.2. The summed E-state index contributed by atoms with van der Waals surface area (Å²) in [5.41, 5.74) is 3.40. The van der Waals surface area contributed by atoms with Gasteiger partial charge in [-0.15, -0.1) is 12.6 Å². The number of benzene rings is 1. The predicted molar refractivity (Wildman–Crippen MR) is 69.4 cm³/mol. The van der Waals surface area contributed by atoms with Crippen LogP contribution in [0.3, 0.4) is 0 Å². The second-order valence-corrected chi connectivity index (χ2v) is 4.37. The lowest BCUT2D eigenvalue weighted by atomic mass is 10.1. The monoisotopic (exact) mass is 236 g/mol. The molecular weight excluding hydrogens is 220 g/mol. The topological polar surface area (TPSA) is 24.5 Å². The highest BCUT2D eigenvalue weighted by Crippen LogP contribution is 2.31. The number of rotatable bonds is 2. The average Bonchev–Trinajstić information content (AvgIpc) is 2.60. The molecule has 0 aromatic heterocycles. The second kappa shape index (κ2) is 4.29. The van der Waals surface area contributed by atoms with E-state index < -0.39 is 0 Å². The van der Waals surface area contributed by atoms with Gasteiger partial charge in [0.25, 0.3) is 0 Å². The van der Waals surface area contributed by atoms with Crippen LogP contribution >= 0.6 is 12.6 Å². The van der Waals surface area contributed by atoms with Crippen LogP contribution in [-0.2, 0) is 0 Å². The highest BCUT2D eigenvalue weighted by atomic mass is 32.1. The number of nitrogens with one attached hydrogen (secondary N) is 1. The van der Waals surface area contributed by atoms with Gasteiger partial charge >= 0.3 is 0 Å². The van der Waals surface area contributed by atoms with Crippen molar-refractivity contribution in [3.05, 3.63) is 35.5 Å². The van der Waals surface area contributed by atoms with E-state index in [1.807, 2.05) is 19.3 Å². The Hall–Kier alpha value is -1.29. The van der Waals surface area contributed by atoms with E-state index in [4.69, 9.17) is 4.74 Å². The van der Waals surface area contributed by atoms with E-state index in [2.05, 4.69) is 41.9 Å². The summed E-state index contributed by atoms with van der Waals surface area (Å²) < 4.78 is 5.40. The molecule has 0 radical (unpaired) electrons. The van der Waals surface area contributed by atoms with Crippen molar-refractivity contribution < 1.29 is 4.74 Å². The van der Waals surface area contributed by atoms with Crippen LogP contribution in [0.25, 0.3) is 5.70 Å². The quantitative estimate of drug-likeness (QED) is 0.769. The Kier molecular flexibility index (Phi) is 3.01. The zero-order valence-corrected chi connectivity index (χ0v) is 10.6. The Morgan fingerprint density at radius 2 is 2.19 bits per heavy atom. The van der Waals surface area contributed by atoms with Crippen molar-refractivity contribution in [2.45, 2.75) is 12.4 Å². The molecule has 1 aliphatic rings. The number of ether oxygens (including phenoxy) is 1. The van der Waals surface area contributed by atoms with Gasteiger partial charge in [-0.1, -0.05) is 6.07 Å². The summed E-state index contributed by atoms with van der Waals surface area (Å²) in [6.45, 7) is 2.05. The van der Waals surface area contributed by atoms with Gasteiger partial charge in [0, 0.05) is 18.8 Å². The minimum Gasteiger partial charge on any atom is -0.496 e. The van der Waals surface area contributed by atoms with Crippen LogP contribution in [0.5, 0.6) is 5.75 Å². The van der Waals surface area contributed by atoms with E-state index in [-0.39, 0.29) is 5.50 Å². The first-order valence-electron chi connectivity index (χ1n) is 5.15. The lowest BCUT2D eigenvalue weighted by molar-refractivity contribution is 0.408. The van der Waals surface area contributed by atoms with Gasteiger partial charge in [-0.2, -0.15) is 0 Å². The number of thiol groups is 1. The fourth-order valence-electron chi connectivity index (χ4n) is 1.78. The van der Waals surface area contributed by atoms with Crippen molar-refractivity contribution in [3.8, 4) is 5.75 Å². The minimum absolute atomic E-state index is 0.0287. The molecule has 1 unspecified atom stereocenters. The number of nitrogens with zero attached hydrogens (tertiary/aromatic N) is 1. The van der Waals surface area contributed by atoms with E-state index in [1.54, 1.807) is 7.11 Å². The molecule has 1 aliphatic heterocycles. The molecule has 2 rings (SSSR count). The van der Waals surface area contributed by atoms with Gasteiger partial charge in [0.15, 0.2) is 0 Å².